The van der Waals surface area contributed by atoms with Crippen LogP contribution in [-0.2, 0) is 17.8 Å². The molecule has 0 atom stereocenters. The van der Waals surface area contributed by atoms with Crippen LogP contribution in [0.3, 0.4) is 0 Å². The molecule has 2 aromatic carbocycles. The van der Waals surface area contributed by atoms with E-state index in [0.717, 1.165) is 16.9 Å². The third kappa shape index (κ3) is 4.26. The zero-order chi connectivity index (χ0) is 14.5. The Bertz CT molecular complexity index is 606. The molecule has 0 spiro atoms. The van der Waals surface area contributed by atoms with Gasteiger partial charge in [0.05, 0.1) is 10.0 Å². The highest BCUT2D eigenvalue weighted by Crippen LogP contribution is 2.23. The summed E-state index contributed by atoms with van der Waals surface area (Å²) in [7, 11) is 0. The van der Waals surface area contributed by atoms with Gasteiger partial charge in [-0.3, -0.25) is 4.79 Å². The Morgan fingerprint density at radius 2 is 1.65 bits per heavy atom. The van der Waals surface area contributed by atoms with E-state index in [9.17, 15) is 4.79 Å². The topological polar surface area (TPSA) is 26.3 Å². The maximum absolute atomic E-state index is 11.0. The van der Waals surface area contributed by atoms with Gasteiger partial charge in [-0.25, -0.2) is 0 Å². The first-order chi connectivity index (χ1) is 9.54. The molecule has 0 amide bonds. The van der Waals surface area contributed by atoms with Gasteiger partial charge in [-0.1, -0.05) is 41.4 Å². The number of carbonyl (C=O) groups is 1. The molecule has 2 aromatic rings. The van der Waals surface area contributed by atoms with Crippen molar-refractivity contribution in [2.24, 2.45) is 0 Å². The fourth-order valence-electron chi connectivity index (χ4n) is 1.79. The lowest BCUT2D eigenvalue weighted by Crippen LogP contribution is -1.98. The Labute approximate surface area is 128 Å². The largest absolute Gasteiger partial charge is 0.489 e. The SMILES string of the molecule is CC(=O)Cc1ccc(OCc2ccc(Cl)c(Cl)c2)cc1. The lowest BCUT2D eigenvalue weighted by atomic mass is 10.1. The molecule has 0 unspecified atom stereocenters. The van der Waals surface area contributed by atoms with Crippen molar-refractivity contribution in [2.75, 3.05) is 0 Å². The van der Waals surface area contributed by atoms with Crippen LogP contribution in [-0.4, -0.2) is 5.78 Å². The predicted molar refractivity (Wildman–Crippen MR) is 81.6 cm³/mol. The third-order valence-corrected chi connectivity index (χ3v) is 3.50. The molecule has 0 N–H and O–H groups in total. The van der Waals surface area contributed by atoms with Gasteiger partial charge >= 0.3 is 0 Å². The third-order valence-electron chi connectivity index (χ3n) is 2.77. The van der Waals surface area contributed by atoms with Gasteiger partial charge in [0.2, 0.25) is 0 Å². The smallest absolute Gasteiger partial charge is 0.134 e. The van der Waals surface area contributed by atoms with Gasteiger partial charge in [0.25, 0.3) is 0 Å². The molecule has 0 saturated heterocycles. The maximum atomic E-state index is 11.0. The van der Waals surface area contributed by atoms with Gasteiger partial charge in [-0.15, -0.1) is 0 Å². The van der Waals surface area contributed by atoms with Gasteiger partial charge in [0, 0.05) is 6.42 Å². The number of rotatable bonds is 5. The minimum Gasteiger partial charge on any atom is -0.489 e. The summed E-state index contributed by atoms with van der Waals surface area (Å²) in [5.41, 5.74) is 1.94. The van der Waals surface area contributed by atoms with Crippen molar-refractivity contribution in [2.45, 2.75) is 20.0 Å². The van der Waals surface area contributed by atoms with E-state index >= 15 is 0 Å². The van der Waals surface area contributed by atoms with Crippen molar-refractivity contribution in [1.29, 1.82) is 0 Å². The Balaban J connectivity index is 1.96. The molecule has 0 aromatic heterocycles. The van der Waals surface area contributed by atoms with Gasteiger partial charge in [0.15, 0.2) is 0 Å². The van der Waals surface area contributed by atoms with E-state index in [1.54, 1.807) is 19.1 Å². The van der Waals surface area contributed by atoms with Gasteiger partial charge in [0.1, 0.15) is 18.1 Å². The van der Waals surface area contributed by atoms with Crippen molar-refractivity contribution < 1.29 is 9.53 Å². The van der Waals surface area contributed by atoms with Crippen LogP contribution in [0.4, 0.5) is 0 Å². The maximum Gasteiger partial charge on any atom is 0.134 e. The summed E-state index contributed by atoms with van der Waals surface area (Å²) in [4.78, 5) is 11.0. The quantitative estimate of drug-likeness (QED) is 0.800. The predicted octanol–water partition coefficient (Wildman–Crippen LogP) is 4.70. The van der Waals surface area contributed by atoms with Crippen molar-refractivity contribution in [3.63, 3.8) is 0 Å². The molecule has 0 aliphatic heterocycles. The lowest BCUT2D eigenvalue weighted by Gasteiger charge is -2.08. The van der Waals surface area contributed by atoms with E-state index in [1.807, 2.05) is 30.3 Å². The summed E-state index contributed by atoms with van der Waals surface area (Å²) < 4.78 is 5.66. The molecule has 104 valence electrons. The van der Waals surface area contributed by atoms with E-state index in [-0.39, 0.29) is 5.78 Å². The first-order valence-electron chi connectivity index (χ1n) is 6.19. The zero-order valence-electron chi connectivity index (χ0n) is 11.0. The first-order valence-corrected chi connectivity index (χ1v) is 6.95. The van der Waals surface area contributed by atoms with Crippen LogP contribution >= 0.6 is 23.2 Å². The summed E-state index contributed by atoms with van der Waals surface area (Å²) in [5.74, 6) is 0.901. The van der Waals surface area contributed by atoms with Gasteiger partial charge in [-0.05, 0) is 42.3 Å². The number of carbonyl (C=O) groups excluding carboxylic acids is 1. The standard InChI is InChI=1S/C16H14Cl2O2/c1-11(19)8-12-2-5-14(6-3-12)20-10-13-4-7-15(17)16(18)9-13/h2-7,9H,8,10H2,1H3. The molecule has 0 fully saturated rings. The average Bonchev–Trinajstić information content (AvgIpc) is 2.41. The van der Waals surface area contributed by atoms with E-state index in [4.69, 9.17) is 27.9 Å². The zero-order valence-corrected chi connectivity index (χ0v) is 12.5. The number of benzene rings is 2. The summed E-state index contributed by atoms with van der Waals surface area (Å²) in [5, 5.41) is 1.05. The number of hydrogen-bond donors (Lipinski definition) is 0. The summed E-state index contributed by atoms with van der Waals surface area (Å²) in [6, 6.07) is 12.9. The van der Waals surface area contributed by atoms with E-state index in [2.05, 4.69) is 0 Å². The molecule has 2 rings (SSSR count). The number of ether oxygens (including phenoxy) is 1. The summed E-state index contributed by atoms with van der Waals surface area (Å²) in [6.45, 7) is 2.00. The molecule has 0 radical (unpaired) electrons. The lowest BCUT2D eigenvalue weighted by molar-refractivity contribution is -0.116. The summed E-state index contributed by atoms with van der Waals surface area (Å²) in [6.07, 6.45) is 0.451. The minimum atomic E-state index is 0.148. The second-order valence-corrected chi connectivity index (χ2v) is 5.37. The van der Waals surface area contributed by atoms with Crippen LogP contribution in [0.1, 0.15) is 18.1 Å². The molecular formula is C16H14Cl2O2. The molecule has 20 heavy (non-hydrogen) atoms. The van der Waals surface area contributed by atoms with Crippen LogP contribution in [0.25, 0.3) is 0 Å². The Morgan fingerprint density at radius 1 is 1.00 bits per heavy atom. The van der Waals surface area contributed by atoms with Crippen molar-refractivity contribution >= 4 is 29.0 Å². The average molecular weight is 309 g/mol. The Hall–Kier alpha value is -1.51. The Kier molecular flexibility index (Phi) is 5.05. The van der Waals surface area contributed by atoms with Crippen LogP contribution < -0.4 is 4.74 Å². The second-order valence-electron chi connectivity index (χ2n) is 4.56. The van der Waals surface area contributed by atoms with Crippen LogP contribution in [0.15, 0.2) is 42.5 Å². The molecule has 0 aliphatic carbocycles. The van der Waals surface area contributed by atoms with E-state index in [1.165, 1.54) is 0 Å². The number of hydrogen-bond acceptors (Lipinski definition) is 2. The van der Waals surface area contributed by atoms with Gasteiger partial charge < -0.3 is 4.74 Å². The molecule has 0 bridgehead atoms. The monoisotopic (exact) mass is 308 g/mol. The highest BCUT2D eigenvalue weighted by atomic mass is 35.5. The van der Waals surface area contributed by atoms with Crippen LogP contribution in [0, 0.1) is 0 Å². The highest BCUT2D eigenvalue weighted by Gasteiger charge is 2.02. The van der Waals surface area contributed by atoms with Crippen molar-refractivity contribution in [3.8, 4) is 5.75 Å². The van der Waals surface area contributed by atoms with E-state index < -0.39 is 0 Å². The highest BCUT2D eigenvalue weighted by molar-refractivity contribution is 6.42. The number of halogens is 2. The molecule has 4 heteroatoms. The minimum absolute atomic E-state index is 0.148. The molecule has 0 heterocycles. The second kappa shape index (κ2) is 6.78. The van der Waals surface area contributed by atoms with E-state index in [0.29, 0.717) is 23.1 Å². The van der Waals surface area contributed by atoms with Crippen LogP contribution in [0.5, 0.6) is 5.75 Å². The first kappa shape index (κ1) is 14.9. The normalized spacial score (nSPS) is 10.3. The fourth-order valence-corrected chi connectivity index (χ4v) is 2.11. The summed E-state index contributed by atoms with van der Waals surface area (Å²) >= 11 is 11.8. The van der Waals surface area contributed by atoms with Crippen LogP contribution in [0.2, 0.25) is 10.0 Å². The molecule has 2 nitrogen and oxygen atoms in total. The Morgan fingerprint density at radius 3 is 2.25 bits per heavy atom. The molecule has 0 saturated carbocycles. The fraction of sp³-hybridized carbons (Fsp3) is 0.188. The number of Topliss-reactive ketones (excluding diaryl/α,β-unsaturated/α-hetero) is 1. The number of ketones is 1. The molecular weight excluding hydrogens is 295 g/mol. The van der Waals surface area contributed by atoms with Crippen molar-refractivity contribution in [1.82, 2.24) is 0 Å². The van der Waals surface area contributed by atoms with Gasteiger partial charge in [-0.2, -0.15) is 0 Å². The van der Waals surface area contributed by atoms with Crippen molar-refractivity contribution in [3.05, 3.63) is 63.6 Å². The molecule has 0 aliphatic rings.